The molecular weight excluding hydrogens is 245 g/mol. The van der Waals surface area contributed by atoms with Crippen LogP contribution in [0.4, 0.5) is 19.0 Å². The minimum atomic E-state index is -4.46. The lowest BCUT2D eigenvalue weighted by atomic mass is 9.94. The molecule has 0 saturated carbocycles. The quantitative estimate of drug-likeness (QED) is 0.855. The Hall–Kier alpha value is -1.37. The number of nitrogens with zero attached hydrogens (tertiary/aromatic N) is 2. The van der Waals surface area contributed by atoms with E-state index in [1.54, 1.807) is 0 Å². The number of nitrogens with two attached hydrogens (primary N) is 1. The van der Waals surface area contributed by atoms with Crippen LogP contribution < -0.4 is 11.1 Å². The highest BCUT2D eigenvalue weighted by Crippen LogP contribution is 2.27. The second-order valence-electron chi connectivity index (χ2n) is 4.38. The Morgan fingerprint density at radius 1 is 1.28 bits per heavy atom. The molecule has 7 heteroatoms. The lowest BCUT2D eigenvalue weighted by Gasteiger charge is -2.29. The van der Waals surface area contributed by atoms with Crippen molar-refractivity contribution in [3.8, 4) is 0 Å². The van der Waals surface area contributed by atoms with Crippen molar-refractivity contribution in [3.63, 3.8) is 0 Å². The topological polar surface area (TPSA) is 63.8 Å². The molecule has 18 heavy (non-hydrogen) atoms. The van der Waals surface area contributed by atoms with Crippen molar-refractivity contribution in [3.05, 3.63) is 17.8 Å². The lowest BCUT2D eigenvalue weighted by Crippen LogP contribution is -2.36. The molecule has 1 aromatic rings. The number of rotatable bonds is 5. The number of alkyl halides is 3. The minimum Gasteiger partial charge on any atom is -0.363 e. The summed E-state index contributed by atoms with van der Waals surface area (Å²) < 4.78 is 36.9. The molecule has 1 unspecified atom stereocenters. The van der Waals surface area contributed by atoms with Gasteiger partial charge in [-0.15, -0.1) is 10.2 Å². The molecule has 0 aromatic carbocycles. The van der Waals surface area contributed by atoms with Crippen LogP contribution in [-0.4, -0.2) is 22.3 Å². The molecule has 4 nitrogen and oxygen atoms in total. The van der Waals surface area contributed by atoms with Gasteiger partial charge in [0.05, 0.1) is 0 Å². The van der Waals surface area contributed by atoms with Gasteiger partial charge in [-0.25, -0.2) is 0 Å². The van der Waals surface area contributed by atoms with Crippen LogP contribution in [0.3, 0.4) is 0 Å². The molecule has 0 saturated heterocycles. The van der Waals surface area contributed by atoms with Gasteiger partial charge < -0.3 is 11.1 Å². The maximum Gasteiger partial charge on any atom is 0.435 e. The predicted octanol–water partition coefficient (Wildman–Crippen LogP) is 2.42. The Morgan fingerprint density at radius 2 is 1.94 bits per heavy atom. The summed E-state index contributed by atoms with van der Waals surface area (Å²) in [6.45, 7) is 4.41. The highest BCUT2D eigenvalue weighted by atomic mass is 19.4. The second kappa shape index (κ2) is 5.51. The van der Waals surface area contributed by atoms with E-state index in [0.717, 1.165) is 12.5 Å². The third-order valence-corrected chi connectivity index (χ3v) is 2.86. The summed E-state index contributed by atoms with van der Waals surface area (Å²) in [4.78, 5) is 0. The smallest absolute Gasteiger partial charge is 0.363 e. The van der Waals surface area contributed by atoms with Crippen LogP contribution in [0.2, 0.25) is 0 Å². The third kappa shape index (κ3) is 3.83. The van der Waals surface area contributed by atoms with Crippen molar-refractivity contribution in [2.75, 3.05) is 11.9 Å². The average molecular weight is 262 g/mol. The first-order valence-corrected chi connectivity index (χ1v) is 5.70. The molecule has 1 heterocycles. The first-order valence-electron chi connectivity index (χ1n) is 5.70. The van der Waals surface area contributed by atoms with E-state index >= 15 is 0 Å². The van der Waals surface area contributed by atoms with Crippen molar-refractivity contribution >= 4 is 5.82 Å². The third-order valence-electron chi connectivity index (χ3n) is 2.86. The first kappa shape index (κ1) is 14.7. The fourth-order valence-electron chi connectivity index (χ4n) is 1.51. The monoisotopic (exact) mass is 262 g/mol. The average Bonchev–Trinajstić information content (AvgIpc) is 2.29. The van der Waals surface area contributed by atoms with E-state index in [4.69, 9.17) is 5.73 Å². The summed E-state index contributed by atoms with van der Waals surface area (Å²) in [5.74, 6) is 0.320. The Labute approximate surface area is 104 Å². The highest BCUT2D eigenvalue weighted by molar-refractivity contribution is 5.36. The second-order valence-corrected chi connectivity index (χ2v) is 4.38. The van der Waals surface area contributed by atoms with Gasteiger partial charge >= 0.3 is 6.18 Å². The van der Waals surface area contributed by atoms with Gasteiger partial charge in [-0.05, 0) is 38.4 Å². The fraction of sp³-hybridized carbons (Fsp3) is 0.636. The fourth-order valence-corrected chi connectivity index (χ4v) is 1.51. The first-order chi connectivity index (χ1) is 8.30. The molecule has 1 atom stereocenters. The molecule has 0 spiro atoms. The normalized spacial score (nSPS) is 15.2. The summed E-state index contributed by atoms with van der Waals surface area (Å²) in [6, 6.07) is 2.19. The maximum atomic E-state index is 12.3. The van der Waals surface area contributed by atoms with Gasteiger partial charge in [-0.3, -0.25) is 0 Å². The minimum absolute atomic E-state index is 0.289. The predicted molar refractivity (Wildman–Crippen MR) is 63.0 cm³/mol. The summed E-state index contributed by atoms with van der Waals surface area (Å²) in [6.07, 6.45) is -2.98. The zero-order valence-corrected chi connectivity index (χ0v) is 10.4. The zero-order chi connectivity index (χ0) is 13.8. The molecule has 102 valence electrons. The van der Waals surface area contributed by atoms with Gasteiger partial charge in [-0.2, -0.15) is 13.2 Å². The molecule has 0 fully saturated rings. The maximum absolute atomic E-state index is 12.3. The van der Waals surface area contributed by atoms with Crippen molar-refractivity contribution in [2.45, 2.75) is 38.4 Å². The summed E-state index contributed by atoms with van der Waals surface area (Å²) in [7, 11) is 0. The Bertz CT molecular complexity index is 377. The summed E-state index contributed by atoms with van der Waals surface area (Å²) in [5.41, 5.74) is 4.22. The van der Waals surface area contributed by atoms with E-state index in [0.29, 0.717) is 18.8 Å². The molecule has 0 radical (unpaired) electrons. The SMILES string of the molecule is CCC(C)(CCN)Nc1ccc(C(F)(F)F)nn1. The Kier molecular flexibility index (Phi) is 4.50. The van der Waals surface area contributed by atoms with Crippen LogP contribution in [0.5, 0.6) is 0 Å². The molecule has 0 amide bonds. The van der Waals surface area contributed by atoms with Crippen molar-refractivity contribution < 1.29 is 13.2 Å². The van der Waals surface area contributed by atoms with Gasteiger partial charge in [0.15, 0.2) is 5.69 Å². The summed E-state index contributed by atoms with van der Waals surface area (Å²) >= 11 is 0. The largest absolute Gasteiger partial charge is 0.435 e. The standard InChI is InChI=1S/C11H17F3N4/c1-3-10(2,6-7-15)16-9-5-4-8(17-18-9)11(12,13)14/h4-5H,3,6-7,15H2,1-2H3,(H,16,18). The molecule has 1 rings (SSSR count). The van der Waals surface area contributed by atoms with Crippen LogP contribution in [0.25, 0.3) is 0 Å². The Balaban J connectivity index is 2.80. The van der Waals surface area contributed by atoms with Gasteiger partial charge in [0, 0.05) is 5.54 Å². The molecule has 0 bridgehead atoms. The van der Waals surface area contributed by atoms with Crippen LogP contribution >= 0.6 is 0 Å². The van der Waals surface area contributed by atoms with E-state index in [2.05, 4.69) is 15.5 Å². The van der Waals surface area contributed by atoms with Gasteiger partial charge in [0.25, 0.3) is 0 Å². The van der Waals surface area contributed by atoms with Crippen molar-refractivity contribution in [1.82, 2.24) is 10.2 Å². The van der Waals surface area contributed by atoms with E-state index in [-0.39, 0.29) is 5.54 Å². The molecule has 1 aromatic heterocycles. The van der Waals surface area contributed by atoms with Crippen LogP contribution in [0, 0.1) is 0 Å². The van der Waals surface area contributed by atoms with Crippen molar-refractivity contribution in [2.24, 2.45) is 5.73 Å². The van der Waals surface area contributed by atoms with Crippen LogP contribution in [0.15, 0.2) is 12.1 Å². The zero-order valence-electron chi connectivity index (χ0n) is 10.4. The number of hydrogen-bond acceptors (Lipinski definition) is 4. The van der Waals surface area contributed by atoms with E-state index < -0.39 is 11.9 Å². The number of anilines is 1. The number of hydrogen-bond donors (Lipinski definition) is 2. The van der Waals surface area contributed by atoms with Crippen molar-refractivity contribution in [1.29, 1.82) is 0 Å². The van der Waals surface area contributed by atoms with E-state index in [9.17, 15) is 13.2 Å². The highest BCUT2D eigenvalue weighted by Gasteiger charge is 2.33. The molecule has 3 N–H and O–H groups in total. The van der Waals surface area contributed by atoms with Gasteiger partial charge in [0.1, 0.15) is 5.82 Å². The van der Waals surface area contributed by atoms with E-state index in [1.807, 2.05) is 13.8 Å². The van der Waals surface area contributed by atoms with Crippen LogP contribution in [0.1, 0.15) is 32.4 Å². The number of aromatic nitrogens is 2. The van der Waals surface area contributed by atoms with Crippen LogP contribution in [-0.2, 0) is 6.18 Å². The number of halogens is 3. The molecule has 0 aliphatic heterocycles. The van der Waals surface area contributed by atoms with Gasteiger partial charge in [0.2, 0.25) is 0 Å². The van der Waals surface area contributed by atoms with Gasteiger partial charge in [-0.1, -0.05) is 6.92 Å². The van der Waals surface area contributed by atoms with E-state index in [1.165, 1.54) is 6.07 Å². The number of nitrogens with one attached hydrogen (secondary N) is 1. The Morgan fingerprint density at radius 3 is 2.33 bits per heavy atom. The molecule has 0 aliphatic carbocycles. The molecular formula is C11H17F3N4. The molecule has 0 aliphatic rings. The summed E-state index contributed by atoms with van der Waals surface area (Å²) in [5, 5.41) is 9.76. The lowest BCUT2D eigenvalue weighted by molar-refractivity contribution is -0.141.